The summed E-state index contributed by atoms with van der Waals surface area (Å²) in [4.78, 5) is 17.7. The van der Waals surface area contributed by atoms with Crippen LogP contribution in [0.1, 0.15) is 22.5 Å². The highest BCUT2D eigenvalue weighted by molar-refractivity contribution is 7.98. The number of benzene rings is 1. The second-order valence-electron chi connectivity index (χ2n) is 6.22. The van der Waals surface area contributed by atoms with Crippen molar-refractivity contribution in [3.63, 3.8) is 0 Å². The molecule has 0 N–H and O–H groups in total. The largest absolute Gasteiger partial charge is 0.467 e. The Morgan fingerprint density at radius 1 is 1.23 bits per heavy atom. The summed E-state index contributed by atoms with van der Waals surface area (Å²) in [5.41, 5.74) is 4.50. The first-order chi connectivity index (χ1) is 12.6. The third-order valence-corrected chi connectivity index (χ3v) is 6.20. The van der Waals surface area contributed by atoms with Crippen molar-refractivity contribution >= 4 is 33.3 Å². The van der Waals surface area contributed by atoms with Gasteiger partial charge in [-0.3, -0.25) is 9.36 Å². The van der Waals surface area contributed by atoms with Crippen LogP contribution in [-0.2, 0) is 12.3 Å². The van der Waals surface area contributed by atoms with E-state index in [1.807, 2.05) is 23.6 Å². The lowest BCUT2D eigenvalue weighted by Crippen LogP contribution is -2.23. The maximum atomic E-state index is 12.9. The fourth-order valence-electron chi connectivity index (χ4n) is 2.83. The Labute approximate surface area is 159 Å². The van der Waals surface area contributed by atoms with E-state index in [9.17, 15) is 4.79 Å². The first-order valence-electron chi connectivity index (χ1n) is 8.31. The molecule has 0 amide bonds. The lowest BCUT2D eigenvalue weighted by molar-refractivity contribution is 0.477. The van der Waals surface area contributed by atoms with Gasteiger partial charge in [-0.2, -0.15) is 0 Å². The number of hydrogen-bond acceptors (Lipinski definition) is 5. The fraction of sp³-hybridized carbons (Fsp3) is 0.200. The Balaban J connectivity index is 1.72. The van der Waals surface area contributed by atoms with Crippen LogP contribution < -0.4 is 5.56 Å². The zero-order valence-corrected chi connectivity index (χ0v) is 16.2. The molecule has 26 heavy (non-hydrogen) atoms. The predicted molar refractivity (Wildman–Crippen MR) is 107 cm³/mol. The Hall–Kier alpha value is -2.31. The van der Waals surface area contributed by atoms with Crippen molar-refractivity contribution in [3.05, 3.63) is 80.8 Å². The number of thiophene rings is 1. The van der Waals surface area contributed by atoms with Crippen molar-refractivity contribution in [3.8, 4) is 0 Å². The number of rotatable bonds is 5. The molecule has 0 aliphatic carbocycles. The number of fused-ring (bicyclic) bond motifs is 1. The van der Waals surface area contributed by atoms with Crippen molar-refractivity contribution in [1.29, 1.82) is 0 Å². The molecule has 3 aromatic heterocycles. The summed E-state index contributed by atoms with van der Waals surface area (Å²) in [7, 11) is 0. The van der Waals surface area contributed by atoms with Gasteiger partial charge in [0.15, 0.2) is 5.16 Å². The molecule has 132 valence electrons. The van der Waals surface area contributed by atoms with E-state index in [0.717, 1.165) is 22.2 Å². The average Bonchev–Trinajstić information content (AvgIpc) is 3.30. The molecule has 0 saturated heterocycles. The van der Waals surface area contributed by atoms with E-state index >= 15 is 0 Å². The van der Waals surface area contributed by atoms with Gasteiger partial charge in [0.05, 0.1) is 18.3 Å². The maximum absolute atomic E-state index is 12.9. The lowest BCUT2D eigenvalue weighted by atomic mass is 10.1. The molecular weight excluding hydrogens is 364 g/mol. The van der Waals surface area contributed by atoms with Gasteiger partial charge in [0, 0.05) is 5.75 Å². The second-order valence-corrected chi connectivity index (χ2v) is 8.08. The van der Waals surface area contributed by atoms with Gasteiger partial charge in [-0.1, -0.05) is 35.5 Å². The lowest BCUT2D eigenvalue weighted by Gasteiger charge is -2.12. The highest BCUT2D eigenvalue weighted by Gasteiger charge is 2.14. The Bertz CT molecular complexity index is 1110. The fourth-order valence-corrected chi connectivity index (χ4v) is 4.67. The molecule has 1 aromatic carbocycles. The van der Waals surface area contributed by atoms with E-state index in [4.69, 9.17) is 9.40 Å². The van der Waals surface area contributed by atoms with E-state index < -0.39 is 0 Å². The molecule has 0 radical (unpaired) electrons. The maximum Gasteiger partial charge on any atom is 0.272 e. The molecule has 4 nitrogen and oxygen atoms in total. The van der Waals surface area contributed by atoms with Gasteiger partial charge in [-0.05, 0) is 48.6 Å². The predicted octanol–water partition coefficient (Wildman–Crippen LogP) is 5.01. The van der Waals surface area contributed by atoms with Crippen LogP contribution in [0.25, 0.3) is 10.2 Å². The molecular formula is C20H18N2O2S2. The number of aryl methyl sites for hydroxylation is 2. The summed E-state index contributed by atoms with van der Waals surface area (Å²) < 4.78 is 7.85. The molecule has 0 spiro atoms. The van der Waals surface area contributed by atoms with Crippen LogP contribution in [0, 0.1) is 13.8 Å². The second kappa shape index (κ2) is 7.13. The standard InChI is InChI=1S/C20H18N2O2S2/c1-13-5-6-14(2)15(10-13)12-26-20-21-17-7-9-25-18(17)19(23)22(20)11-16-4-3-8-24-16/h3-10H,11-12H2,1-2H3. The van der Waals surface area contributed by atoms with Gasteiger partial charge in [0.2, 0.25) is 0 Å². The Morgan fingerprint density at radius 3 is 2.92 bits per heavy atom. The molecule has 4 rings (SSSR count). The quantitative estimate of drug-likeness (QED) is 0.360. The highest BCUT2D eigenvalue weighted by atomic mass is 32.2. The number of furan rings is 1. The Kier molecular flexibility index (Phi) is 4.70. The first-order valence-corrected chi connectivity index (χ1v) is 10.2. The third-order valence-electron chi connectivity index (χ3n) is 4.29. The van der Waals surface area contributed by atoms with Gasteiger partial charge in [-0.15, -0.1) is 11.3 Å². The SMILES string of the molecule is Cc1ccc(C)c(CSc2nc3ccsc3c(=O)n2Cc2ccco2)c1. The van der Waals surface area contributed by atoms with Gasteiger partial charge in [0.1, 0.15) is 10.5 Å². The van der Waals surface area contributed by atoms with E-state index in [2.05, 4.69) is 32.0 Å². The molecule has 3 heterocycles. The highest BCUT2D eigenvalue weighted by Crippen LogP contribution is 2.26. The summed E-state index contributed by atoms with van der Waals surface area (Å²) >= 11 is 3.02. The van der Waals surface area contributed by atoms with Gasteiger partial charge < -0.3 is 4.42 Å². The van der Waals surface area contributed by atoms with E-state index in [1.54, 1.807) is 22.6 Å². The van der Waals surface area contributed by atoms with E-state index in [1.165, 1.54) is 28.0 Å². The molecule has 6 heteroatoms. The van der Waals surface area contributed by atoms with Crippen LogP contribution in [-0.4, -0.2) is 9.55 Å². The summed E-state index contributed by atoms with van der Waals surface area (Å²) in [6.07, 6.45) is 1.63. The number of aromatic nitrogens is 2. The van der Waals surface area contributed by atoms with Crippen LogP contribution in [0.3, 0.4) is 0 Å². The topological polar surface area (TPSA) is 48.0 Å². The van der Waals surface area contributed by atoms with Crippen LogP contribution in [0.15, 0.2) is 62.4 Å². The molecule has 0 unspecified atom stereocenters. The van der Waals surface area contributed by atoms with Gasteiger partial charge in [0.25, 0.3) is 5.56 Å². The minimum absolute atomic E-state index is 0.00939. The van der Waals surface area contributed by atoms with E-state index in [-0.39, 0.29) is 5.56 Å². The van der Waals surface area contributed by atoms with Crippen molar-refractivity contribution in [2.75, 3.05) is 0 Å². The van der Waals surface area contributed by atoms with Crippen molar-refractivity contribution in [2.24, 2.45) is 0 Å². The monoisotopic (exact) mass is 382 g/mol. The number of nitrogens with zero attached hydrogens (tertiary/aromatic N) is 2. The first kappa shape index (κ1) is 17.1. The normalized spacial score (nSPS) is 11.3. The molecule has 0 bridgehead atoms. The summed E-state index contributed by atoms with van der Waals surface area (Å²) in [5.74, 6) is 1.52. The minimum Gasteiger partial charge on any atom is -0.467 e. The molecule has 0 aliphatic heterocycles. The molecule has 0 fully saturated rings. The van der Waals surface area contributed by atoms with Gasteiger partial charge >= 0.3 is 0 Å². The molecule has 4 aromatic rings. The summed E-state index contributed by atoms with van der Waals surface area (Å²) in [6, 6.07) is 12.1. The van der Waals surface area contributed by atoms with E-state index in [0.29, 0.717) is 11.2 Å². The van der Waals surface area contributed by atoms with Crippen molar-refractivity contribution < 1.29 is 4.42 Å². The zero-order valence-electron chi connectivity index (χ0n) is 14.6. The third kappa shape index (κ3) is 3.34. The van der Waals surface area contributed by atoms with Crippen LogP contribution in [0.5, 0.6) is 0 Å². The summed E-state index contributed by atoms with van der Waals surface area (Å²) in [5, 5.41) is 2.63. The minimum atomic E-state index is -0.00939. The zero-order chi connectivity index (χ0) is 18.1. The van der Waals surface area contributed by atoms with Crippen molar-refractivity contribution in [2.45, 2.75) is 31.3 Å². The average molecular weight is 383 g/mol. The molecule has 0 saturated carbocycles. The molecule has 0 atom stereocenters. The number of hydrogen-bond donors (Lipinski definition) is 0. The Morgan fingerprint density at radius 2 is 2.12 bits per heavy atom. The number of thioether (sulfide) groups is 1. The summed E-state index contributed by atoms with van der Waals surface area (Å²) in [6.45, 7) is 4.60. The van der Waals surface area contributed by atoms with Crippen LogP contribution in [0.4, 0.5) is 0 Å². The smallest absolute Gasteiger partial charge is 0.272 e. The van der Waals surface area contributed by atoms with Crippen molar-refractivity contribution in [1.82, 2.24) is 9.55 Å². The van der Waals surface area contributed by atoms with Crippen LogP contribution >= 0.6 is 23.1 Å². The molecule has 0 aliphatic rings. The van der Waals surface area contributed by atoms with Gasteiger partial charge in [-0.25, -0.2) is 4.98 Å². The van der Waals surface area contributed by atoms with Crippen LogP contribution in [0.2, 0.25) is 0 Å².